The quantitative estimate of drug-likeness (QED) is 0.909. The summed E-state index contributed by atoms with van der Waals surface area (Å²) in [6.45, 7) is 1.21. The van der Waals surface area contributed by atoms with Crippen LogP contribution in [0.2, 0.25) is 5.02 Å². The molecule has 0 radical (unpaired) electrons. The standard InChI is InChI=1S/C14H18ClNO2/c1-16-12(6-9-2-3-9)10-7-13-14(8-11(10)15)18-5-4-17-13/h7-9,12,16H,2-6H2,1H3. The van der Waals surface area contributed by atoms with Crippen LogP contribution in [0.15, 0.2) is 12.1 Å². The Balaban J connectivity index is 1.89. The number of ether oxygens (including phenoxy) is 2. The molecule has 1 aromatic rings. The minimum absolute atomic E-state index is 0.306. The molecule has 0 spiro atoms. The number of hydrogen-bond donors (Lipinski definition) is 1. The van der Waals surface area contributed by atoms with Gasteiger partial charge in [0.05, 0.1) is 0 Å². The van der Waals surface area contributed by atoms with E-state index >= 15 is 0 Å². The fourth-order valence-electron chi connectivity index (χ4n) is 2.43. The zero-order chi connectivity index (χ0) is 12.5. The molecule has 0 saturated heterocycles. The van der Waals surface area contributed by atoms with Crippen LogP contribution in [0, 0.1) is 5.92 Å². The fraction of sp³-hybridized carbons (Fsp3) is 0.571. The third-order valence-corrected chi connectivity index (χ3v) is 3.98. The highest BCUT2D eigenvalue weighted by Gasteiger charge is 2.27. The van der Waals surface area contributed by atoms with E-state index in [0.29, 0.717) is 19.3 Å². The molecule has 0 bridgehead atoms. The second-order valence-electron chi connectivity index (χ2n) is 5.04. The molecule has 1 aliphatic heterocycles. The Morgan fingerprint density at radius 3 is 2.56 bits per heavy atom. The van der Waals surface area contributed by atoms with Crippen LogP contribution in [0.5, 0.6) is 11.5 Å². The third-order valence-electron chi connectivity index (χ3n) is 3.65. The Bertz CT molecular complexity index is 446. The Kier molecular flexibility index (Phi) is 3.35. The van der Waals surface area contributed by atoms with Crippen molar-refractivity contribution in [3.63, 3.8) is 0 Å². The highest BCUT2D eigenvalue weighted by molar-refractivity contribution is 6.31. The summed E-state index contributed by atoms with van der Waals surface area (Å²) in [6.07, 6.45) is 3.84. The fourth-order valence-corrected chi connectivity index (χ4v) is 2.72. The van der Waals surface area contributed by atoms with Gasteiger partial charge in [-0.25, -0.2) is 0 Å². The third kappa shape index (κ3) is 2.43. The van der Waals surface area contributed by atoms with Crippen LogP contribution >= 0.6 is 11.6 Å². The van der Waals surface area contributed by atoms with Crippen LogP contribution in [0.3, 0.4) is 0 Å². The van der Waals surface area contributed by atoms with Crippen molar-refractivity contribution in [1.82, 2.24) is 5.32 Å². The van der Waals surface area contributed by atoms with Crippen molar-refractivity contribution in [3.8, 4) is 11.5 Å². The summed E-state index contributed by atoms with van der Waals surface area (Å²) in [6, 6.07) is 4.21. The number of benzene rings is 1. The Labute approximate surface area is 112 Å². The average molecular weight is 268 g/mol. The molecule has 1 unspecified atom stereocenters. The first-order chi connectivity index (χ1) is 8.78. The van der Waals surface area contributed by atoms with Gasteiger partial charge in [0.1, 0.15) is 13.2 Å². The Morgan fingerprint density at radius 1 is 1.28 bits per heavy atom. The van der Waals surface area contributed by atoms with Gasteiger partial charge in [-0.1, -0.05) is 24.4 Å². The number of hydrogen-bond acceptors (Lipinski definition) is 3. The topological polar surface area (TPSA) is 30.5 Å². The van der Waals surface area contributed by atoms with E-state index in [1.165, 1.54) is 12.8 Å². The van der Waals surface area contributed by atoms with E-state index in [2.05, 4.69) is 5.32 Å². The van der Waals surface area contributed by atoms with Crippen LogP contribution in [0.4, 0.5) is 0 Å². The molecule has 1 aliphatic carbocycles. The van der Waals surface area contributed by atoms with E-state index in [4.69, 9.17) is 21.1 Å². The second-order valence-corrected chi connectivity index (χ2v) is 5.44. The van der Waals surface area contributed by atoms with Crippen molar-refractivity contribution in [2.24, 2.45) is 5.92 Å². The van der Waals surface area contributed by atoms with Crippen LogP contribution in [-0.2, 0) is 0 Å². The van der Waals surface area contributed by atoms with Crippen LogP contribution in [0.1, 0.15) is 30.9 Å². The first kappa shape index (κ1) is 12.1. The molecule has 0 aromatic heterocycles. The molecule has 1 fully saturated rings. The largest absolute Gasteiger partial charge is 0.486 e. The molecule has 3 rings (SSSR count). The van der Waals surface area contributed by atoms with E-state index in [0.717, 1.165) is 34.4 Å². The minimum Gasteiger partial charge on any atom is -0.486 e. The monoisotopic (exact) mass is 267 g/mol. The van der Waals surface area contributed by atoms with Gasteiger partial charge in [-0.2, -0.15) is 0 Å². The first-order valence-electron chi connectivity index (χ1n) is 6.54. The summed E-state index contributed by atoms with van der Waals surface area (Å²) < 4.78 is 11.2. The number of rotatable bonds is 4. The highest BCUT2D eigenvalue weighted by Crippen LogP contribution is 2.42. The van der Waals surface area contributed by atoms with Crippen molar-refractivity contribution in [2.75, 3.05) is 20.3 Å². The molecule has 1 N–H and O–H groups in total. The van der Waals surface area contributed by atoms with E-state index in [9.17, 15) is 0 Å². The minimum atomic E-state index is 0.306. The van der Waals surface area contributed by atoms with Gasteiger partial charge in [0.25, 0.3) is 0 Å². The molecular formula is C14H18ClNO2. The molecule has 0 amide bonds. The van der Waals surface area contributed by atoms with Crippen molar-refractivity contribution in [1.29, 1.82) is 0 Å². The van der Waals surface area contributed by atoms with Gasteiger partial charge in [-0.05, 0) is 31.0 Å². The maximum Gasteiger partial charge on any atom is 0.162 e. The smallest absolute Gasteiger partial charge is 0.162 e. The van der Waals surface area contributed by atoms with E-state index in [-0.39, 0.29) is 0 Å². The highest BCUT2D eigenvalue weighted by atomic mass is 35.5. The van der Waals surface area contributed by atoms with E-state index < -0.39 is 0 Å². The summed E-state index contributed by atoms with van der Waals surface area (Å²) in [4.78, 5) is 0. The summed E-state index contributed by atoms with van der Waals surface area (Å²) >= 11 is 6.36. The Morgan fingerprint density at radius 2 is 1.94 bits per heavy atom. The van der Waals surface area contributed by atoms with Gasteiger partial charge in [-0.3, -0.25) is 0 Å². The molecule has 2 aliphatic rings. The predicted molar refractivity (Wildman–Crippen MR) is 71.6 cm³/mol. The van der Waals surface area contributed by atoms with Crippen LogP contribution in [0.25, 0.3) is 0 Å². The molecule has 98 valence electrons. The lowest BCUT2D eigenvalue weighted by atomic mass is 10.0. The zero-order valence-corrected chi connectivity index (χ0v) is 11.3. The normalized spacial score (nSPS) is 19.7. The van der Waals surface area contributed by atoms with E-state index in [1.807, 2.05) is 19.2 Å². The summed E-state index contributed by atoms with van der Waals surface area (Å²) in [5.74, 6) is 2.43. The number of fused-ring (bicyclic) bond motifs is 1. The van der Waals surface area contributed by atoms with Crippen LogP contribution < -0.4 is 14.8 Å². The van der Waals surface area contributed by atoms with E-state index in [1.54, 1.807) is 0 Å². The van der Waals surface area contributed by atoms with Crippen molar-refractivity contribution in [2.45, 2.75) is 25.3 Å². The summed E-state index contributed by atoms with van der Waals surface area (Å²) in [5.41, 5.74) is 1.12. The van der Waals surface area contributed by atoms with Crippen molar-refractivity contribution >= 4 is 11.6 Å². The molecule has 1 saturated carbocycles. The van der Waals surface area contributed by atoms with Crippen molar-refractivity contribution < 1.29 is 9.47 Å². The maximum absolute atomic E-state index is 6.36. The maximum atomic E-state index is 6.36. The molecular weight excluding hydrogens is 250 g/mol. The lowest BCUT2D eigenvalue weighted by molar-refractivity contribution is 0.171. The summed E-state index contributed by atoms with van der Waals surface area (Å²) in [5, 5.41) is 4.12. The van der Waals surface area contributed by atoms with Crippen molar-refractivity contribution in [3.05, 3.63) is 22.7 Å². The number of halogens is 1. The molecule has 4 heteroatoms. The average Bonchev–Trinajstić information content (AvgIpc) is 3.19. The lowest BCUT2D eigenvalue weighted by Gasteiger charge is -2.23. The SMILES string of the molecule is CNC(CC1CC1)c1cc2c(cc1Cl)OCCO2. The Hall–Kier alpha value is -0.930. The van der Waals surface area contributed by atoms with Gasteiger partial charge < -0.3 is 14.8 Å². The van der Waals surface area contributed by atoms with Gasteiger partial charge in [0.15, 0.2) is 11.5 Å². The number of nitrogens with one attached hydrogen (secondary N) is 1. The molecule has 18 heavy (non-hydrogen) atoms. The summed E-state index contributed by atoms with van der Waals surface area (Å²) in [7, 11) is 1.99. The van der Waals surface area contributed by atoms with Crippen LogP contribution in [-0.4, -0.2) is 20.3 Å². The zero-order valence-electron chi connectivity index (χ0n) is 10.5. The van der Waals surface area contributed by atoms with Gasteiger partial charge in [0, 0.05) is 17.1 Å². The molecule has 3 nitrogen and oxygen atoms in total. The van der Waals surface area contributed by atoms with Gasteiger partial charge in [-0.15, -0.1) is 0 Å². The first-order valence-corrected chi connectivity index (χ1v) is 6.92. The molecule has 1 atom stereocenters. The molecule has 1 aromatic carbocycles. The van der Waals surface area contributed by atoms with Gasteiger partial charge in [0.2, 0.25) is 0 Å². The predicted octanol–water partition coefficient (Wildman–Crippen LogP) is 3.17. The van der Waals surface area contributed by atoms with Gasteiger partial charge >= 0.3 is 0 Å². The molecule has 1 heterocycles. The second kappa shape index (κ2) is 4.98. The lowest BCUT2D eigenvalue weighted by Crippen LogP contribution is -2.19.